The van der Waals surface area contributed by atoms with Gasteiger partial charge in [-0.3, -0.25) is 9.78 Å². The van der Waals surface area contributed by atoms with Crippen molar-refractivity contribution in [3.63, 3.8) is 0 Å². The Kier molecular flexibility index (Phi) is 4.39. The highest BCUT2D eigenvalue weighted by atomic mass is 35.5. The molecule has 23 heavy (non-hydrogen) atoms. The second-order valence-corrected chi connectivity index (χ2v) is 5.52. The van der Waals surface area contributed by atoms with E-state index in [1.54, 1.807) is 35.4 Å². The molecule has 0 unspecified atom stereocenters. The maximum absolute atomic E-state index is 12.3. The summed E-state index contributed by atoms with van der Waals surface area (Å²) >= 11 is 6.01. The van der Waals surface area contributed by atoms with Crippen LogP contribution in [-0.2, 0) is 6.54 Å². The molecule has 0 fully saturated rings. The van der Waals surface area contributed by atoms with Gasteiger partial charge in [0.2, 0.25) is 0 Å². The Labute approximate surface area is 138 Å². The summed E-state index contributed by atoms with van der Waals surface area (Å²) in [5.41, 5.74) is 3.06. The quantitative estimate of drug-likeness (QED) is 0.801. The molecule has 5 nitrogen and oxygen atoms in total. The number of hydrogen-bond donors (Lipinski definition) is 1. The number of nitrogens with zero attached hydrogens (tertiary/aromatic N) is 3. The third kappa shape index (κ3) is 3.40. The van der Waals surface area contributed by atoms with Crippen molar-refractivity contribution in [1.82, 2.24) is 20.1 Å². The lowest BCUT2D eigenvalue weighted by atomic mass is 10.2. The molecule has 1 aromatic carbocycles. The van der Waals surface area contributed by atoms with Gasteiger partial charge in [0.15, 0.2) is 0 Å². The van der Waals surface area contributed by atoms with Crippen LogP contribution in [0.3, 0.4) is 0 Å². The van der Waals surface area contributed by atoms with Crippen molar-refractivity contribution >= 4 is 17.5 Å². The average Bonchev–Trinajstić information content (AvgIpc) is 2.95. The van der Waals surface area contributed by atoms with Gasteiger partial charge in [0.05, 0.1) is 23.1 Å². The molecule has 0 aliphatic heterocycles. The molecule has 2 heterocycles. The van der Waals surface area contributed by atoms with E-state index < -0.39 is 0 Å². The molecule has 0 saturated heterocycles. The summed E-state index contributed by atoms with van der Waals surface area (Å²) in [5, 5.41) is 7.79. The third-order valence-electron chi connectivity index (χ3n) is 3.48. The van der Waals surface area contributed by atoms with Crippen LogP contribution in [0.25, 0.3) is 5.69 Å². The average molecular weight is 327 g/mol. The first-order valence-corrected chi connectivity index (χ1v) is 7.50. The number of benzene rings is 1. The largest absolute Gasteiger partial charge is 0.348 e. The topological polar surface area (TPSA) is 59.8 Å². The molecule has 0 spiro atoms. The van der Waals surface area contributed by atoms with Crippen LogP contribution in [0.4, 0.5) is 0 Å². The van der Waals surface area contributed by atoms with Crippen LogP contribution in [-0.4, -0.2) is 20.7 Å². The summed E-state index contributed by atoms with van der Waals surface area (Å²) in [6, 6.07) is 11.1. The molecule has 3 aromatic rings. The normalized spacial score (nSPS) is 10.5. The van der Waals surface area contributed by atoms with Crippen molar-refractivity contribution in [2.24, 2.45) is 0 Å². The maximum atomic E-state index is 12.3. The number of carbonyl (C=O) groups is 1. The lowest BCUT2D eigenvalue weighted by Crippen LogP contribution is -2.23. The van der Waals surface area contributed by atoms with Crippen LogP contribution in [0.1, 0.15) is 21.6 Å². The van der Waals surface area contributed by atoms with E-state index in [4.69, 9.17) is 11.6 Å². The molecule has 0 radical (unpaired) electrons. The van der Waals surface area contributed by atoms with Gasteiger partial charge in [0, 0.05) is 24.0 Å². The predicted octanol–water partition coefficient (Wildman–Crippen LogP) is 3.16. The Balaban J connectivity index is 1.77. The van der Waals surface area contributed by atoms with Gasteiger partial charge in [-0.2, -0.15) is 5.10 Å². The van der Waals surface area contributed by atoms with E-state index in [9.17, 15) is 4.79 Å². The van der Waals surface area contributed by atoms with Crippen LogP contribution in [0.5, 0.6) is 0 Å². The lowest BCUT2D eigenvalue weighted by molar-refractivity contribution is 0.0950. The van der Waals surface area contributed by atoms with E-state index in [-0.39, 0.29) is 5.91 Å². The minimum atomic E-state index is -0.167. The summed E-state index contributed by atoms with van der Waals surface area (Å²) in [5.74, 6) is -0.167. The van der Waals surface area contributed by atoms with Crippen LogP contribution in [0.15, 0.2) is 55.0 Å². The number of amides is 1. The predicted molar refractivity (Wildman–Crippen MR) is 88.7 cm³/mol. The molecule has 0 aliphatic rings. The molecule has 6 heteroatoms. The van der Waals surface area contributed by atoms with Crippen LogP contribution >= 0.6 is 11.6 Å². The minimum absolute atomic E-state index is 0.167. The van der Waals surface area contributed by atoms with Gasteiger partial charge >= 0.3 is 0 Å². The van der Waals surface area contributed by atoms with Gasteiger partial charge in [-0.1, -0.05) is 23.7 Å². The summed E-state index contributed by atoms with van der Waals surface area (Å²) in [7, 11) is 0. The van der Waals surface area contributed by atoms with Crippen LogP contribution in [0.2, 0.25) is 5.02 Å². The van der Waals surface area contributed by atoms with E-state index in [1.807, 2.05) is 31.2 Å². The lowest BCUT2D eigenvalue weighted by Gasteiger charge is -2.07. The van der Waals surface area contributed by atoms with Gasteiger partial charge in [0.1, 0.15) is 0 Å². The van der Waals surface area contributed by atoms with Crippen LogP contribution < -0.4 is 5.32 Å². The number of aromatic nitrogens is 3. The molecule has 116 valence electrons. The first-order chi connectivity index (χ1) is 11.1. The maximum Gasteiger partial charge on any atom is 0.255 e. The fourth-order valence-corrected chi connectivity index (χ4v) is 2.47. The molecule has 0 saturated carbocycles. The molecule has 0 bridgehead atoms. The Morgan fingerprint density at radius 1 is 1.26 bits per heavy atom. The number of rotatable bonds is 4. The first kappa shape index (κ1) is 15.2. The SMILES string of the molecule is Cc1c(C(=O)NCc2cccnc2)cnn1-c1cccc(Cl)c1. The van der Waals surface area contributed by atoms with Gasteiger partial charge in [-0.25, -0.2) is 4.68 Å². The van der Waals surface area contributed by atoms with E-state index in [0.29, 0.717) is 17.1 Å². The fourth-order valence-electron chi connectivity index (χ4n) is 2.28. The first-order valence-electron chi connectivity index (χ1n) is 7.13. The number of carbonyl (C=O) groups excluding carboxylic acids is 1. The molecule has 2 aromatic heterocycles. The highest BCUT2D eigenvalue weighted by Crippen LogP contribution is 2.18. The molecule has 3 rings (SSSR count). The second kappa shape index (κ2) is 6.62. The molecule has 0 aliphatic carbocycles. The molecule has 1 N–H and O–H groups in total. The van der Waals surface area contributed by atoms with Gasteiger partial charge in [-0.05, 0) is 36.8 Å². The van der Waals surface area contributed by atoms with E-state index >= 15 is 0 Å². The van der Waals surface area contributed by atoms with Gasteiger partial charge in [-0.15, -0.1) is 0 Å². The Bertz CT molecular complexity index is 830. The number of halogens is 1. The number of hydrogen-bond acceptors (Lipinski definition) is 3. The Morgan fingerprint density at radius 2 is 2.13 bits per heavy atom. The van der Waals surface area contributed by atoms with Crippen LogP contribution in [0, 0.1) is 6.92 Å². The molecule has 1 amide bonds. The van der Waals surface area contributed by atoms with Gasteiger partial charge in [0.25, 0.3) is 5.91 Å². The highest BCUT2D eigenvalue weighted by molar-refractivity contribution is 6.30. The number of nitrogens with one attached hydrogen (secondary N) is 1. The standard InChI is InChI=1S/C17H15ClN4O/c1-12-16(17(23)20-10-13-4-3-7-19-9-13)11-21-22(12)15-6-2-5-14(18)8-15/h2-9,11H,10H2,1H3,(H,20,23). The fraction of sp³-hybridized carbons (Fsp3) is 0.118. The zero-order valence-corrected chi connectivity index (χ0v) is 13.3. The molecular formula is C17H15ClN4O. The highest BCUT2D eigenvalue weighted by Gasteiger charge is 2.15. The van der Waals surface area contributed by atoms with E-state index in [2.05, 4.69) is 15.4 Å². The van der Waals surface area contributed by atoms with Gasteiger partial charge < -0.3 is 5.32 Å². The third-order valence-corrected chi connectivity index (χ3v) is 3.72. The van der Waals surface area contributed by atoms with Crippen molar-refractivity contribution in [1.29, 1.82) is 0 Å². The smallest absolute Gasteiger partial charge is 0.255 e. The summed E-state index contributed by atoms with van der Waals surface area (Å²) in [6.07, 6.45) is 4.99. The zero-order chi connectivity index (χ0) is 16.2. The van der Waals surface area contributed by atoms with Crippen molar-refractivity contribution in [2.45, 2.75) is 13.5 Å². The summed E-state index contributed by atoms with van der Waals surface area (Å²) < 4.78 is 1.70. The summed E-state index contributed by atoms with van der Waals surface area (Å²) in [4.78, 5) is 16.4. The monoisotopic (exact) mass is 326 g/mol. The van der Waals surface area contributed by atoms with Crippen molar-refractivity contribution in [3.8, 4) is 5.69 Å². The Morgan fingerprint density at radius 3 is 2.87 bits per heavy atom. The van der Waals surface area contributed by atoms with Crippen molar-refractivity contribution in [2.75, 3.05) is 0 Å². The second-order valence-electron chi connectivity index (χ2n) is 5.08. The Hall–Kier alpha value is -2.66. The zero-order valence-electron chi connectivity index (χ0n) is 12.5. The van der Waals surface area contributed by atoms with Crippen molar-refractivity contribution < 1.29 is 4.79 Å². The minimum Gasteiger partial charge on any atom is -0.348 e. The van der Waals surface area contributed by atoms with E-state index in [0.717, 1.165) is 16.9 Å². The van der Waals surface area contributed by atoms with E-state index in [1.165, 1.54) is 0 Å². The molecule has 0 atom stereocenters. The van der Waals surface area contributed by atoms with Crippen molar-refractivity contribution in [3.05, 3.63) is 76.8 Å². The summed E-state index contributed by atoms with van der Waals surface area (Å²) in [6.45, 7) is 2.28. The molecular weight excluding hydrogens is 312 g/mol. The number of pyridine rings is 1.